The van der Waals surface area contributed by atoms with Crippen LogP contribution in [0.4, 0.5) is 0 Å². The molecule has 0 saturated carbocycles. The minimum absolute atomic E-state index is 1.22. The van der Waals surface area contributed by atoms with Crippen LogP contribution in [0.5, 0.6) is 0 Å². The Morgan fingerprint density at radius 3 is 1.83 bits per heavy atom. The Kier molecular flexibility index (Phi) is 11.2. The van der Waals surface area contributed by atoms with Gasteiger partial charge in [-0.3, -0.25) is 9.48 Å². The van der Waals surface area contributed by atoms with Crippen molar-refractivity contribution in [2.24, 2.45) is 0 Å². The van der Waals surface area contributed by atoms with Gasteiger partial charge < -0.3 is 0 Å². The van der Waals surface area contributed by atoms with E-state index in [-0.39, 0.29) is 0 Å². The molecule has 0 fully saturated rings. The van der Waals surface area contributed by atoms with Crippen LogP contribution in [-0.2, 0) is 0 Å². The summed E-state index contributed by atoms with van der Waals surface area (Å²) in [5, 5.41) is 0. The van der Waals surface area contributed by atoms with Gasteiger partial charge in [-0.1, -0.05) is 46.0 Å². The first-order valence-electron chi connectivity index (χ1n) is 7.89. The third-order valence-corrected chi connectivity index (χ3v) is 3.67. The molecule has 0 spiro atoms. The smallest absolute Gasteiger partial charge is 0.243 e. The van der Waals surface area contributed by atoms with Gasteiger partial charge in [-0.15, -0.1) is 0 Å². The third kappa shape index (κ3) is 8.54. The molecule has 0 aromatic rings. The van der Waals surface area contributed by atoms with Gasteiger partial charge in [0.2, 0.25) is 5.84 Å². The summed E-state index contributed by atoms with van der Waals surface area (Å²) in [4.78, 5) is 2.56. The normalized spacial score (nSPS) is 10.5. The number of hydrogen-bond donors (Lipinski definition) is 0. The molecular formula is C16H35N2+. The molecule has 0 amide bonds. The van der Waals surface area contributed by atoms with Crippen molar-refractivity contribution < 1.29 is 4.58 Å². The zero-order valence-electron chi connectivity index (χ0n) is 13.5. The molecule has 0 heterocycles. The van der Waals surface area contributed by atoms with Crippen molar-refractivity contribution in [1.82, 2.24) is 4.90 Å². The monoisotopic (exact) mass is 255 g/mol. The van der Waals surface area contributed by atoms with Gasteiger partial charge >= 0.3 is 0 Å². The maximum Gasteiger partial charge on any atom is 0.243 e. The summed E-state index contributed by atoms with van der Waals surface area (Å²) in [6, 6.07) is 0. The lowest BCUT2D eigenvalue weighted by Gasteiger charge is -2.18. The van der Waals surface area contributed by atoms with E-state index in [1.807, 2.05) is 0 Å². The van der Waals surface area contributed by atoms with Gasteiger partial charge in [0, 0.05) is 6.92 Å². The Balaban J connectivity index is 3.91. The lowest BCUT2D eigenvalue weighted by Crippen LogP contribution is -2.35. The van der Waals surface area contributed by atoms with Gasteiger partial charge in [0.25, 0.3) is 0 Å². The number of unbranched alkanes of at least 4 members (excludes halogenated alkanes) is 6. The predicted octanol–water partition coefficient (Wildman–Crippen LogP) is 4.14. The summed E-state index contributed by atoms with van der Waals surface area (Å²) in [6.45, 7) is 9.24. The highest BCUT2D eigenvalue weighted by Crippen LogP contribution is 2.07. The fourth-order valence-electron chi connectivity index (χ4n) is 2.15. The summed E-state index contributed by atoms with van der Waals surface area (Å²) in [6.07, 6.45) is 10.9. The van der Waals surface area contributed by atoms with Crippen LogP contribution in [0.25, 0.3) is 0 Å². The molecule has 0 saturated heterocycles. The van der Waals surface area contributed by atoms with Crippen LogP contribution < -0.4 is 0 Å². The minimum atomic E-state index is 1.22. The first-order chi connectivity index (χ1) is 8.63. The highest BCUT2D eigenvalue weighted by Gasteiger charge is 2.14. The summed E-state index contributed by atoms with van der Waals surface area (Å²) in [5.41, 5.74) is 0. The standard InChI is InChI=1S/C16H35N2/c1-6-8-10-11-12-13-15-18(14-9-7-2)16(3)17(4)5/h6-15H2,1-5H3/q+1. The maximum absolute atomic E-state index is 2.56. The van der Waals surface area contributed by atoms with Crippen LogP contribution in [0.2, 0.25) is 0 Å². The average molecular weight is 255 g/mol. The van der Waals surface area contributed by atoms with Crippen molar-refractivity contribution in [3.63, 3.8) is 0 Å². The van der Waals surface area contributed by atoms with Crippen LogP contribution in [-0.4, -0.2) is 42.5 Å². The average Bonchev–Trinajstić information content (AvgIpc) is 2.36. The van der Waals surface area contributed by atoms with E-state index in [1.54, 1.807) is 0 Å². The molecule has 0 aliphatic carbocycles. The van der Waals surface area contributed by atoms with Gasteiger partial charge in [0.15, 0.2) is 0 Å². The van der Waals surface area contributed by atoms with Crippen molar-refractivity contribution >= 4 is 5.84 Å². The van der Waals surface area contributed by atoms with E-state index in [9.17, 15) is 0 Å². The zero-order chi connectivity index (χ0) is 13.8. The fraction of sp³-hybridized carbons (Fsp3) is 0.938. The number of amidine groups is 1. The highest BCUT2D eigenvalue weighted by atomic mass is 15.2. The Labute approximate surface area is 115 Å². The van der Waals surface area contributed by atoms with Crippen molar-refractivity contribution in [3.05, 3.63) is 0 Å². The second-order valence-corrected chi connectivity index (χ2v) is 5.55. The molecule has 0 N–H and O–H groups in total. The van der Waals surface area contributed by atoms with Crippen molar-refractivity contribution in [1.29, 1.82) is 0 Å². The molecule has 0 atom stereocenters. The molecule has 108 valence electrons. The summed E-state index contributed by atoms with van der Waals surface area (Å²) >= 11 is 0. The zero-order valence-corrected chi connectivity index (χ0v) is 13.5. The van der Waals surface area contributed by atoms with E-state index in [2.05, 4.69) is 44.3 Å². The molecule has 0 radical (unpaired) electrons. The van der Waals surface area contributed by atoms with E-state index in [0.29, 0.717) is 0 Å². The highest BCUT2D eigenvalue weighted by molar-refractivity contribution is 5.74. The second-order valence-electron chi connectivity index (χ2n) is 5.55. The van der Waals surface area contributed by atoms with E-state index in [0.717, 1.165) is 0 Å². The molecule has 2 heteroatoms. The first kappa shape index (κ1) is 17.5. The lowest BCUT2D eigenvalue weighted by molar-refractivity contribution is -0.470. The van der Waals surface area contributed by atoms with Crippen molar-refractivity contribution in [2.45, 2.75) is 72.1 Å². The lowest BCUT2D eigenvalue weighted by atomic mass is 10.1. The van der Waals surface area contributed by atoms with Gasteiger partial charge in [-0.05, 0) is 19.3 Å². The van der Waals surface area contributed by atoms with Gasteiger partial charge in [0.05, 0.1) is 27.2 Å². The van der Waals surface area contributed by atoms with Crippen LogP contribution in [0.3, 0.4) is 0 Å². The van der Waals surface area contributed by atoms with E-state index < -0.39 is 0 Å². The Bertz CT molecular complexity index is 217. The number of rotatable bonds is 10. The third-order valence-electron chi connectivity index (χ3n) is 3.67. The molecule has 0 aromatic heterocycles. The van der Waals surface area contributed by atoms with Gasteiger partial charge in [-0.2, -0.15) is 0 Å². The quantitative estimate of drug-likeness (QED) is 0.246. The van der Waals surface area contributed by atoms with Gasteiger partial charge in [-0.25, -0.2) is 0 Å². The van der Waals surface area contributed by atoms with Crippen molar-refractivity contribution in [3.8, 4) is 0 Å². The molecule has 0 unspecified atom stereocenters. The molecule has 2 nitrogen and oxygen atoms in total. The van der Waals surface area contributed by atoms with E-state index in [1.165, 1.54) is 70.3 Å². The van der Waals surface area contributed by atoms with E-state index in [4.69, 9.17) is 0 Å². The molecule has 0 aliphatic heterocycles. The molecule has 0 aliphatic rings. The summed E-state index contributed by atoms with van der Waals surface area (Å²) in [7, 11) is 4.30. The van der Waals surface area contributed by atoms with Crippen LogP contribution in [0.1, 0.15) is 72.1 Å². The molecular weight excluding hydrogens is 220 g/mol. The van der Waals surface area contributed by atoms with Crippen LogP contribution >= 0.6 is 0 Å². The summed E-state index contributed by atoms with van der Waals surface area (Å²) in [5.74, 6) is 1.41. The topological polar surface area (TPSA) is 6.25 Å². The Hall–Kier alpha value is -0.530. The number of nitrogens with zero attached hydrogens (tertiary/aromatic N) is 2. The predicted molar refractivity (Wildman–Crippen MR) is 82.6 cm³/mol. The first-order valence-corrected chi connectivity index (χ1v) is 7.89. The van der Waals surface area contributed by atoms with Gasteiger partial charge in [0.1, 0.15) is 0 Å². The second kappa shape index (κ2) is 11.6. The number of hydrogen-bond acceptors (Lipinski definition) is 0. The Morgan fingerprint density at radius 2 is 1.28 bits per heavy atom. The largest absolute Gasteiger partial charge is 0.271 e. The Morgan fingerprint density at radius 1 is 0.778 bits per heavy atom. The maximum atomic E-state index is 2.56. The molecule has 0 bridgehead atoms. The van der Waals surface area contributed by atoms with Crippen molar-refractivity contribution in [2.75, 3.05) is 27.2 Å². The summed E-state index contributed by atoms with van der Waals surface area (Å²) < 4.78 is 2.24. The van der Waals surface area contributed by atoms with Crippen LogP contribution in [0.15, 0.2) is 0 Å². The SMILES string of the molecule is CCCCCCCCN(CCCC)C(C)=[N+](C)C. The molecule has 0 rings (SSSR count). The minimum Gasteiger partial charge on any atom is -0.271 e. The molecule has 0 aromatic carbocycles. The fourth-order valence-corrected chi connectivity index (χ4v) is 2.15. The van der Waals surface area contributed by atoms with E-state index >= 15 is 0 Å². The van der Waals surface area contributed by atoms with Crippen LogP contribution in [0, 0.1) is 0 Å². The molecule has 18 heavy (non-hydrogen) atoms.